The van der Waals surface area contributed by atoms with Crippen LogP contribution in [0.5, 0.6) is 5.75 Å². The van der Waals surface area contributed by atoms with Gasteiger partial charge in [0.15, 0.2) is 0 Å². The van der Waals surface area contributed by atoms with E-state index in [4.69, 9.17) is 4.74 Å². The lowest BCUT2D eigenvalue weighted by molar-refractivity contribution is 0.414. The molecule has 0 saturated carbocycles. The summed E-state index contributed by atoms with van der Waals surface area (Å²) in [7, 11) is 1.62. The molecule has 0 saturated heterocycles. The third-order valence-electron chi connectivity index (χ3n) is 4.96. The van der Waals surface area contributed by atoms with Gasteiger partial charge in [0.1, 0.15) is 24.1 Å². The summed E-state index contributed by atoms with van der Waals surface area (Å²) in [5.74, 6) is 0.754. The van der Waals surface area contributed by atoms with E-state index in [9.17, 15) is 4.79 Å². The monoisotopic (exact) mass is 398 g/mol. The molecule has 8 heteroatoms. The van der Waals surface area contributed by atoms with Gasteiger partial charge in [-0.25, -0.2) is 14.8 Å². The molecule has 2 aromatic carbocycles. The molecule has 0 aliphatic heterocycles. The second kappa shape index (κ2) is 7.32. The van der Waals surface area contributed by atoms with Gasteiger partial charge in [-0.1, -0.05) is 24.3 Å². The van der Waals surface area contributed by atoms with Crippen LogP contribution in [0.2, 0.25) is 0 Å². The van der Waals surface area contributed by atoms with Crippen LogP contribution >= 0.6 is 0 Å². The topological polar surface area (TPSA) is 90.6 Å². The molecule has 0 amide bonds. The van der Waals surface area contributed by atoms with Crippen molar-refractivity contribution in [1.82, 2.24) is 29.3 Å². The zero-order chi connectivity index (χ0) is 20.5. The number of nitrogens with one attached hydrogen (secondary N) is 1. The number of methoxy groups -OCH3 is 1. The van der Waals surface area contributed by atoms with E-state index in [0.717, 1.165) is 33.6 Å². The smallest absolute Gasteiger partial charge is 0.350 e. The van der Waals surface area contributed by atoms with Crippen molar-refractivity contribution in [2.75, 3.05) is 7.11 Å². The summed E-state index contributed by atoms with van der Waals surface area (Å²) in [6.45, 7) is 0.417. The number of rotatable bonds is 5. The van der Waals surface area contributed by atoms with Gasteiger partial charge in [-0.2, -0.15) is 9.78 Å². The lowest BCUT2D eigenvalue weighted by Crippen LogP contribution is -2.24. The normalized spacial score (nSPS) is 11.1. The van der Waals surface area contributed by atoms with Crippen LogP contribution in [0.4, 0.5) is 0 Å². The standard InChI is InChI=1S/C22H18N6O2/c1-30-18-4-2-3-15(11-18)12-27-14-26-28(22(27)29)17-7-5-16(6-8-17)20-19-9-10-23-21(19)25-13-24-20/h2-11,13-14H,12H2,1H3,(H,23,24,25). The highest BCUT2D eigenvalue weighted by Crippen LogP contribution is 2.25. The molecular weight excluding hydrogens is 380 g/mol. The summed E-state index contributed by atoms with van der Waals surface area (Å²) < 4.78 is 8.20. The summed E-state index contributed by atoms with van der Waals surface area (Å²) in [5, 5.41) is 5.22. The number of H-pyrrole nitrogens is 1. The Morgan fingerprint density at radius 2 is 1.93 bits per heavy atom. The molecular formula is C22H18N6O2. The first-order valence-electron chi connectivity index (χ1n) is 9.39. The highest BCUT2D eigenvalue weighted by atomic mass is 16.5. The van der Waals surface area contributed by atoms with Crippen molar-refractivity contribution in [3.63, 3.8) is 0 Å². The van der Waals surface area contributed by atoms with Gasteiger partial charge in [-0.05, 0) is 35.9 Å². The van der Waals surface area contributed by atoms with Crippen LogP contribution in [0, 0.1) is 0 Å². The van der Waals surface area contributed by atoms with Gasteiger partial charge in [0, 0.05) is 17.1 Å². The van der Waals surface area contributed by atoms with Crippen LogP contribution < -0.4 is 10.4 Å². The summed E-state index contributed by atoms with van der Waals surface area (Å²) in [6.07, 6.45) is 4.92. The molecule has 5 aromatic rings. The van der Waals surface area contributed by atoms with Crippen LogP contribution in [-0.2, 0) is 6.54 Å². The molecule has 0 unspecified atom stereocenters. The molecule has 3 heterocycles. The van der Waals surface area contributed by atoms with Crippen molar-refractivity contribution in [2.24, 2.45) is 0 Å². The minimum Gasteiger partial charge on any atom is -0.497 e. The number of hydrogen-bond acceptors (Lipinski definition) is 5. The minimum absolute atomic E-state index is 0.208. The van der Waals surface area contributed by atoms with Crippen molar-refractivity contribution in [2.45, 2.75) is 6.54 Å². The van der Waals surface area contributed by atoms with Crippen molar-refractivity contribution in [1.29, 1.82) is 0 Å². The Morgan fingerprint density at radius 1 is 1.07 bits per heavy atom. The predicted octanol–water partition coefficient (Wildman–Crippen LogP) is 3.03. The fourth-order valence-electron chi connectivity index (χ4n) is 3.45. The van der Waals surface area contributed by atoms with Gasteiger partial charge in [0.05, 0.1) is 25.0 Å². The molecule has 0 atom stereocenters. The van der Waals surface area contributed by atoms with E-state index in [1.54, 1.807) is 18.0 Å². The Bertz CT molecular complexity index is 1380. The Labute approximate surface area is 171 Å². The first-order valence-corrected chi connectivity index (χ1v) is 9.39. The van der Waals surface area contributed by atoms with Crippen molar-refractivity contribution in [3.05, 3.63) is 89.5 Å². The molecule has 0 aliphatic carbocycles. The van der Waals surface area contributed by atoms with E-state index in [1.807, 2.05) is 60.8 Å². The molecule has 30 heavy (non-hydrogen) atoms. The highest BCUT2D eigenvalue weighted by Gasteiger charge is 2.10. The molecule has 148 valence electrons. The average Bonchev–Trinajstić information content (AvgIpc) is 3.41. The molecule has 8 nitrogen and oxygen atoms in total. The fourth-order valence-corrected chi connectivity index (χ4v) is 3.45. The van der Waals surface area contributed by atoms with Crippen LogP contribution in [0.3, 0.4) is 0 Å². The number of benzene rings is 2. The number of ether oxygens (including phenoxy) is 1. The molecule has 0 bridgehead atoms. The lowest BCUT2D eigenvalue weighted by atomic mass is 10.1. The maximum absolute atomic E-state index is 12.8. The minimum atomic E-state index is -0.208. The number of aromatic amines is 1. The Morgan fingerprint density at radius 3 is 2.77 bits per heavy atom. The third-order valence-corrected chi connectivity index (χ3v) is 4.96. The van der Waals surface area contributed by atoms with Crippen LogP contribution in [0.25, 0.3) is 28.0 Å². The van der Waals surface area contributed by atoms with E-state index < -0.39 is 0 Å². The van der Waals surface area contributed by atoms with Gasteiger partial charge in [-0.3, -0.25) is 4.57 Å². The summed E-state index contributed by atoms with van der Waals surface area (Å²) in [6, 6.07) is 17.2. The molecule has 0 aliphatic rings. The van der Waals surface area contributed by atoms with Crippen molar-refractivity contribution >= 4 is 11.0 Å². The summed E-state index contributed by atoms with van der Waals surface area (Å²) in [5.41, 5.74) is 4.01. The van der Waals surface area contributed by atoms with Gasteiger partial charge in [0.2, 0.25) is 0 Å². The Kier molecular flexibility index (Phi) is 4.36. The fraction of sp³-hybridized carbons (Fsp3) is 0.0909. The second-order valence-corrected chi connectivity index (χ2v) is 6.81. The van der Waals surface area contributed by atoms with E-state index >= 15 is 0 Å². The lowest BCUT2D eigenvalue weighted by Gasteiger charge is -2.05. The van der Waals surface area contributed by atoms with E-state index in [0.29, 0.717) is 12.2 Å². The molecule has 0 fully saturated rings. The Balaban J connectivity index is 1.44. The zero-order valence-electron chi connectivity index (χ0n) is 16.2. The summed E-state index contributed by atoms with van der Waals surface area (Å²) in [4.78, 5) is 24.5. The van der Waals surface area contributed by atoms with Crippen LogP contribution in [-0.4, -0.2) is 36.4 Å². The zero-order valence-corrected chi connectivity index (χ0v) is 16.2. The quantitative estimate of drug-likeness (QED) is 0.491. The molecule has 1 N–H and O–H groups in total. The first kappa shape index (κ1) is 17.9. The molecule has 0 radical (unpaired) electrons. The van der Waals surface area contributed by atoms with Gasteiger partial charge in [0.25, 0.3) is 0 Å². The van der Waals surface area contributed by atoms with E-state index in [1.165, 1.54) is 11.0 Å². The van der Waals surface area contributed by atoms with Crippen molar-refractivity contribution < 1.29 is 4.74 Å². The second-order valence-electron chi connectivity index (χ2n) is 6.81. The molecule has 3 aromatic heterocycles. The van der Waals surface area contributed by atoms with E-state index in [2.05, 4.69) is 20.1 Å². The van der Waals surface area contributed by atoms with E-state index in [-0.39, 0.29) is 5.69 Å². The first-order chi connectivity index (χ1) is 14.7. The summed E-state index contributed by atoms with van der Waals surface area (Å²) >= 11 is 0. The SMILES string of the molecule is COc1cccc(Cn2cnn(-c3ccc(-c4ncnc5[nH]ccc45)cc3)c2=O)c1. The number of hydrogen-bond donors (Lipinski definition) is 1. The van der Waals surface area contributed by atoms with Gasteiger partial charge in [-0.15, -0.1) is 0 Å². The van der Waals surface area contributed by atoms with Gasteiger partial charge < -0.3 is 9.72 Å². The molecule has 0 spiro atoms. The molecule has 5 rings (SSSR count). The van der Waals surface area contributed by atoms with Crippen molar-refractivity contribution in [3.8, 4) is 22.7 Å². The third kappa shape index (κ3) is 3.14. The average molecular weight is 398 g/mol. The number of aromatic nitrogens is 6. The number of fused-ring (bicyclic) bond motifs is 1. The predicted molar refractivity (Wildman–Crippen MR) is 113 cm³/mol. The van der Waals surface area contributed by atoms with Gasteiger partial charge >= 0.3 is 5.69 Å². The van der Waals surface area contributed by atoms with Crippen LogP contribution in [0.1, 0.15) is 5.56 Å². The Hall–Kier alpha value is -4.20. The maximum atomic E-state index is 12.8. The highest BCUT2D eigenvalue weighted by molar-refractivity contribution is 5.90. The van der Waals surface area contributed by atoms with Crippen LogP contribution in [0.15, 0.2) is 78.2 Å². The maximum Gasteiger partial charge on any atom is 0.350 e. The number of nitrogens with zero attached hydrogens (tertiary/aromatic N) is 5. The largest absolute Gasteiger partial charge is 0.497 e.